The van der Waals surface area contributed by atoms with E-state index in [2.05, 4.69) is 60.0 Å². The number of benzene rings is 3. The van der Waals surface area contributed by atoms with E-state index in [9.17, 15) is 4.79 Å². The van der Waals surface area contributed by atoms with Gasteiger partial charge in [0.25, 0.3) is 5.91 Å². The lowest BCUT2D eigenvalue weighted by atomic mass is 9.76. The predicted octanol–water partition coefficient (Wildman–Crippen LogP) is 6.47. The Morgan fingerprint density at radius 3 is 2.69 bits per heavy atom. The van der Waals surface area contributed by atoms with Gasteiger partial charge in [0, 0.05) is 11.6 Å². The highest BCUT2D eigenvalue weighted by molar-refractivity contribution is 6.08. The van der Waals surface area contributed by atoms with Crippen molar-refractivity contribution in [1.82, 2.24) is 0 Å². The molecule has 0 saturated heterocycles. The number of hydrogen-bond acceptors (Lipinski definition) is 3. The summed E-state index contributed by atoms with van der Waals surface area (Å²) in [4.78, 5) is 13.3. The van der Waals surface area contributed by atoms with Crippen LogP contribution in [0.5, 0.6) is 5.75 Å². The summed E-state index contributed by atoms with van der Waals surface area (Å²) < 4.78 is 5.50. The Kier molecular flexibility index (Phi) is 5.44. The standard InChI is InChI=1S/C28H28N2O2/c1-3-32-21-15-13-20(14-16-21)29-28(31)25-12-6-11-24-22-9-5-10-23(22)26(30-27(24)25)19-8-4-7-18(2)17-19/h4-9,11-17,22-23,26,30H,3,10H2,1-2H3,(H,29,31). The summed E-state index contributed by atoms with van der Waals surface area (Å²) in [5.41, 5.74) is 6.09. The van der Waals surface area contributed by atoms with E-state index in [4.69, 9.17) is 4.74 Å². The number of rotatable bonds is 5. The summed E-state index contributed by atoms with van der Waals surface area (Å²) in [6.45, 7) is 4.70. The first-order valence-corrected chi connectivity index (χ1v) is 11.3. The summed E-state index contributed by atoms with van der Waals surface area (Å²) in [7, 11) is 0. The van der Waals surface area contributed by atoms with Crippen molar-refractivity contribution in [2.24, 2.45) is 5.92 Å². The van der Waals surface area contributed by atoms with Gasteiger partial charge in [-0.1, -0.05) is 54.1 Å². The highest BCUT2D eigenvalue weighted by Crippen LogP contribution is 2.50. The highest BCUT2D eigenvalue weighted by atomic mass is 16.5. The Morgan fingerprint density at radius 2 is 1.91 bits per heavy atom. The van der Waals surface area contributed by atoms with E-state index in [-0.39, 0.29) is 11.9 Å². The number of anilines is 2. The van der Waals surface area contributed by atoms with Gasteiger partial charge in [0.1, 0.15) is 5.75 Å². The molecule has 32 heavy (non-hydrogen) atoms. The maximum Gasteiger partial charge on any atom is 0.257 e. The molecule has 2 N–H and O–H groups in total. The molecule has 0 saturated carbocycles. The van der Waals surface area contributed by atoms with Gasteiger partial charge in [-0.3, -0.25) is 4.79 Å². The molecule has 1 aliphatic heterocycles. The lowest BCUT2D eigenvalue weighted by Gasteiger charge is -2.38. The maximum absolute atomic E-state index is 13.3. The van der Waals surface area contributed by atoms with Crippen molar-refractivity contribution >= 4 is 17.3 Å². The molecule has 3 aromatic rings. The molecule has 4 heteroatoms. The number of allylic oxidation sites excluding steroid dienone is 2. The zero-order valence-corrected chi connectivity index (χ0v) is 18.5. The molecule has 3 unspecified atom stereocenters. The van der Waals surface area contributed by atoms with E-state index < -0.39 is 0 Å². The van der Waals surface area contributed by atoms with Crippen LogP contribution >= 0.6 is 0 Å². The van der Waals surface area contributed by atoms with E-state index in [1.54, 1.807) is 0 Å². The molecule has 162 valence electrons. The van der Waals surface area contributed by atoms with Crippen molar-refractivity contribution in [3.05, 3.63) is 101 Å². The van der Waals surface area contributed by atoms with E-state index in [1.807, 2.05) is 43.3 Å². The van der Waals surface area contributed by atoms with Gasteiger partial charge >= 0.3 is 0 Å². The van der Waals surface area contributed by atoms with Crippen molar-refractivity contribution < 1.29 is 9.53 Å². The van der Waals surface area contributed by atoms with Crippen LogP contribution in [0.15, 0.2) is 78.9 Å². The number of para-hydroxylation sites is 1. The second-order valence-corrected chi connectivity index (χ2v) is 8.57. The van der Waals surface area contributed by atoms with Crippen LogP contribution in [0, 0.1) is 12.8 Å². The van der Waals surface area contributed by atoms with Crippen LogP contribution in [0.25, 0.3) is 0 Å². The molecular weight excluding hydrogens is 396 g/mol. The second kappa shape index (κ2) is 8.54. The molecule has 0 fully saturated rings. The lowest BCUT2D eigenvalue weighted by Crippen LogP contribution is -2.31. The zero-order valence-electron chi connectivity index (χ0n) is 18.5. The molecule has 0 spiro atoms. The zero-order chi connectivity index (χ0) is 22.1. The first-order chi connectivity index (χ1) is 15.6. The molecule has 2 aliphatic rings. The van der Waals surface area contributed by atoms with E-state index in [0.717, 1.165) is 23.5 Å². The summed E-state index contributed by atoms with van der Waals surface area (Å²) in [5, 5.41) is 6.80. The van der Waals surface area contributed by atoms with Crippen molar-refractivity contribution in [1.29, 1.82) is 0 Å². The minimum absolute atomic E-state index is 0.109. The molecule has 1 aliphatic carbocycles. The number of amides is 1. The van der Waals surface area contributed by atoms with Crippen LogP contribution < -0.4 is 15.4 Å². The first-order valence-electron chi connectivity index (χ1n) is 11.3. The fourth-order valence-corrected chi connectivity index (χ4v) is 5.00. The van der Waals surface area contributed by atoms with Gasteiger partial charge in [0.05, 0.1) is 23.9 Å². The van der Waals surface area contributed by atoms with E-state index in [0.29, 0.717) is 24.0 Å². The first kappa shape index (κ1) is 20.4. The third kappa shape index (κ3) is 3.77. The van der Waals surface area contributed by atoms with Crippen LogP contribution in [0.1, 0.15) is 52.4 Å². The minimum Gasteiger partial charge on any atom is -0.494 e. The van der Waals surface area contributed by atoms with Gasteiger partial charge in [-0.2, -0.15) is 0 Å². The van der Waals surface area contributed by atoms with Crippen molar-refractivity contribution in [2.75, 3.05) is 17.2 Å². The van der Waals surface area contributed by atoms with Gasteiger partial charge in [0.15, 0.2) is 0 Å². The molecule has 1 heterocycles. The number of ether oxygens (including phenoxy) is 1. The van der Waals surface area contributed by atoms with E-state index in [1.165, 1.54) is 16.7 Å². The number of carbonyl (C=O) groups is 1. The van der Waals surface area contributed by atoms with Gasteiger partial charge in [-0.25, -0.2) is 0 Å². The largest absolute Gasteiger partial charge is 0.494 e. The molecular formula is C28H28N2O2. The smallest absolute Gasteiger partial charge is 0.257 e. The molecule has 0 aromatic heterocycles. The number of carbonyl (C=O) groups excluding carboxylic acids is 1. The number of nitrogens with one attached hydrogen (secondary N) is 2. The van der Waals surface area contributed by atoms with Gasteiger partial charge in [0.2, 0.25) is 0 Å². The molecule has 5 rings (SSSR count). The fourth-order valence-electron chi connectivity index (χ4n) is 5.00. The Balaban J connectivity index is 1.47. The summed E-state index contributed by atoms with van der Waals surface area (Å²) >= 11 is 0. The van der Waals surface area contributed by atoms with Gasteiger partial charge < -0.3 is 15.4 Å². The number of aryl methyl sites for hydroxylation is 1. The molecule has 4 nitrogen and oxygen atoms in total. The summed E-state index contributed by atoms with van der Waals surface area (Å²) in [5.74, 6) is 1.45. The van der Waals surface area contributed by atoms with Crippen molar-refractivity contribution in [2.45, 2.75) is 32.2 Å². The third-order valence-electron chi connectivity index (χ3n) is 6.47. The van der Waals surface area contributed by atoms with Gasteiger partial charge in [-0.15, -0.1) is 0 Å². The van der Waals surface area contributed by atoms with E-state index >= 15 is 0 Å². The van der Waals surface area contributed by atoms with Crippen molar-refractivity contribution in [3.63, 3.8) is 0 Å². The minimum atomic E-state index is -0.109. The second-order valence-electron chi connectivity index (χ2n) is 8.57. The Bertz CT molecular complexity index is 1170. The van der Waals surface area contributed by atoms with Crippen LogP contribution in [0.3, 0.4) is 0 Å². The average Bonchev–Trinajstić information content (AvgIpc) is 3.30. The third-order valence-corrected chi connectivity index (χ3v) is 6.47. The Hall–Kier alpha value is -3.53. The Morgan fingerprint density at radius 1 is 1.09 bits per heavy atom. The van der Waals surface area contributed by atoms with Crippen LogP contribution in [-0.4, -0.2) is 12.5 Å². The normalized spacial score (nSPS) is 20.8. The quantitative estimate of drug-likeness (QED) is 0.461. The molecule has 1 amide bonds. The fraction of sp³-hybridized carbons (Fsp3) is 0.250. The maximum atomic E-state index is 13.3. The number of fused-ring (bicyclic) bond motifs is 3. The molecule has 0 radical (unpaired) electrons. The Labute approximate surface area is 189 Å². The SMILES string of the molecule is CCOc1ccc(NC(=O)c2cccc3c2NC(c2cccc(C)c2)C2CC=CC32)cc1. The lowest BCUT2D eigenvalue weighted by molar-refractivity contribution is 0.102. The van der Waals surface area contributed by atoms with Crippen LogP contribution in [0.4, 0.5) is 11.4 Å². The highest BCUT2D eigenvalue weighted by Gasteiger charge is 2.39. The molecule has 0 bridgehead atoms. The van der Waals surface area contributed by atoms with Crippen molar-refractivity contribution in [3.8, 4) is 5.75 Å². The number of hydrogen-bond donors (Lipinski definition) is 2. The van der Waals surface area contributed by atoms with Crippen LogP contribution in [-0.2, 0) is 0 Å². The monoisotopic (exact) mass is 424 g/mol. The summed E-state index contributed by atoms with van der Waals surface area (Å²) in [6.07, 6.45) is 5.63. The molecule has 3 aromatic carbocycles. The average molecular weight is 425 g/mol. The topological polar surface area (TPSA) is 50.4 Å². The van der Waals surface area contributed by atoms with Gasteiger partial charge in [-0.05, 0) is 67.6 Å². The predicted molar refractivity (Wildman–Crippen MR) is 130 cm³/mol. The molecule has 3 atom stereocenters. The van der Waals surface area contributed by atoms with Crippen LogP contribution in [0.2, 0.25) is 0 Å². The summed E-state index contributed by atoms with van der Waals surface area (Å²) in [6, 6.07) is 22.4.